The maximum Gasteiger partial charge on any atom is 0.348 e. The topological polar surface area (TPSA) is 93.2 Å². The molecular formula is C22H23BrN2O6S. The van der Waals surface area contributed by atoms with E-state index in [9.17, 15) is 18.0 Å². The van der Waals surface area contributed by atoms with E-state index in [1.165, 1.54) is 16.3 Å². The Labute approximate surface area is 195 Å². The number of piperidine rings is 1. The molecule has 0 N–H and O–H groups in total. The zero-order chi connectivity index (χ0) is 22.9. The minimum Gasteiger partial charge on any atom is -0.475 e. The molecule has 2 aromatic rings. The van der Waals surface area contributed by atoms with Crippen molar-refractivity contribution in [1.82, 2.24) is 4.31 Å². The summed E-state index contributed by atoms with van der Waals surface area (Å²) < 4.78 is 38.9. The molecule has 0 radical (unpaired) electrons. The third-order valence-electron chi connectivity index (χ3n) is 5.69. The number of amides is 1. The molecule has 32 heavy (non-hydrogen) atoms. The molecule has 4 rings (SSSR count). The fraction of sp³-hybridized carbons (Fsp3) is 0.364. The molecule has 8 nitrogen and oxygen atoms in total. The maximum absolute atomic E-state index is 13.5. The van der Waals surface area contributed by atoms with E-state index < -0.39 is 28.0 Å². The third kappa shape index (κ3) is 4.39. The highest BCUT2D eigenvalue weighted by molar-refractivity contribution is 9.10. The summed E-state index contributed by atoms with van der Waals surface area (Å²) in [6.07, 6.45) is 0.191. The number of halogens is 1. The van der Waals surface area contributed by atoms with Gasteiger partial charge in [-0.2, -0.15) is 4.31 Å². The van der Waals surface area contributed by atoms with Crippen LogP contribution in [0.1, 0.15) is 12.8 Å². The molecule has 2 heterocycles. The first-order chi connectivity index (χ1) is 15.3. The molecule has 2 aromatic carbocycles. The van der Waals surface area contributed by atoms with Crippen molar-refractivity contribution in [2.24, 2.45) is 5.92 Å². The summed E-state index contributed by atoms with van der Waals surface area (Å²) in [5, 5.41) is 0. The number of esters is 1. The van der Waals surface area contributed by atoms with Crippen LogP contribution in [0.2, 0.25) is 0 Å². The fourth-order valence-electron chi connectivity index (χ4n) is 4.04. The van der Waals surface area contributed by atoms with Crippen LogP contribution >= 0.6 is 15.9 Å². The zero-order valence-corrected chi connectivity index (χ0v) is 19.8. The number of ether oxygens (including phenoxy) is 2. The Bertz CT molecular complexity index is 1120. The van der Waals surface area contributed by atoms with Crippen molar-refractivity contribution < 1.29 is 27.5 Å². The largest absolute Gasteiger partial charge is 0.475 e. The van der Waals surface area contributed by atoms with Gasteiger partial charge in [0.2, 0.25) is 22.0 Å². The smallest absolute Gasteiger partial charge is 0.348 e. The second kappa shape index (κ2) is 9.21. The van der Waals surface area contributed by atoms with Crippen LogP contribution in [0.25, 0.3) is 0 Å². The number of nitrogens with zero attached hydrogens (tertiary/aromatic N) is 2. The van der Waals surface area contributed by atoms with E-state index in [0.29, 0.717) is 30.8 Å². The molecule has 2 aliphatic heterocycles. The SMILES string of the molecule is COC(=O)C1CN(C(=O)C2CCCN(S(=O)(=O)c3ccc(Br)cc3)C2)c2ccccc2O1. The van der Waals surface area contributed by atoms with Crippen LogP contribution in [0.3, 0.4) is 0 Å². The van der Waals surface area contributed by atoms with Gasteiger partial charge in [0.1, 0.15) is 5.75 Å². The molecule has 10 heteroatoms. The van der Waals surface area contributed by atoms with Crippen molar-refractivity contribution in [3.8, 4) is 5.75 Å². The van der Waals surface area contributed by atoms with Crippen LogP contribution in [0, 0.1) is 5.92 Å². The quantitative estimate of drug-likeness (QED) is 0.573. The van der Waals surface area contributed by atoms with Gasteiger partial charge in [-0.1, -0.05) is 28.1 Å². The van der Waals surface area contributed by atoms with Crippen molar-refractivity contribution in [3.05, 3.63) is 53.0 Å². The van der Waals surface area contributed by atoms with E-state index in [4.69, 9.17) is 9.47 Å². The number of carbonyl (C=O) groups excluding carboxylic acids is 2. The Balaban J connectivity index is 1.57. The average Bonchev–Trinajstić information content (AvgIpc) is 2.82. The molecule has 1 amide bonds. The fourth-order valence-corrected chi connectivity index (χ4v) is 5.82. The van der Waals surface area contributed by atoms with Gasteiger partial charge in [-0.05, 0) is 49.2 Å². The first kappa shape index (κ1) is 22.8. The van der Waals surface area contributed by atoms with E-state index in [-0.39, 0.29) is 23.9 Å². The molecule has 0 bridgehead atoms. The molecule has 2 aliphatic rings. The summed E-state index contributed by atoms with van der Waals surface area (Å²) in [5.41, 5.74) is 0.561. The number of anilines is 1. The van der Waals surface area contributed by atoms with Gasteiger partial charge in [0.15, 0.2) is 0 Å². The van der Waals surface area contributed by atoms with Crippen molar-refractivity contribution in [1.29, 1.82) is 0 Å². The van der Waals surface area contributed by atoms with Crippen LogP contribution in [0.15, 0.2) is 57.9 Å². The summed E-state index contributed by atoms with van der Waals surface area (Å²) in [5.74, 6) is -0.915. The second-order valence-corrected chi connectivity index (χ2v) is 10.6. The van der Waals surface area contributed by atoms with Gasteiger partial charge in [-0.3, -0.25) is 4.79 Å². The Kier molecular flexibility index (Phi) is 6.55. The number of hydrogen-bond donors (Lipinski definition) is 0. The van der Waals surface area contributed by atoms with Crippen molar-refractivity contribution in [2.45, 2.75) is 23.8 Å². The summed E-state index contributed by atoms with van der Waals surface area (Å²) in [6, 6.07) is 13.4. The van der Waals surface area contributed by atoms with Crippen LogP contribution < -0.4 is 9.64 Å². The lowest BCUT2D eigenvalue weighted by molar-refractivity contribution is -0.148. The van der Waals surface area contributed by atoms with E-state index >= 15 is 0 Å². The Hall–Kier alpha value is -2.43. The molecule has 0 saturated carbocycles. The Morgan fingerprint density at radius 1 is 1.09 bits per heavy atom. The molecule has 1 saturated heterocycles. The number of rotatable bonds is 4. The van der Waals surface area contributed by atoms with Gasteiger partial charge in [0.05, 0.1) is 30.2 Å². The number of methoxy groups -OCH3 is 1. The number of benzene rings is 2. The average molecular weight is 523 g/mol. The van der Waals surface area contributed by atoms with E-state index in [1.54, 1.807) is 48.5 Å². The molecule has 0 aliphatic carbocycles. The van der Waals surface area contributed by atoms with Crippen LogP contribution in [0.4, 0.5) is 5.69 Å². The number of para-hydroxylation sites is 2. The molecule has 0 aromatic heterocycles. The first-order valence-corrected chi connectivity index (χ1v) is 12.4. The van der Waals surface area contributed by atoms with Gasteiger partial charge < -0.3 is 14.4 Å². The highest BCUT2D eigenvalue weighted by atomic mass is 79.9. The van der Waals surface area contributed by atoms with E-state index in [1.807, 2.05) is 0 Å². The monoisotopic (exact) mass is 522 g/mol. The summed E-state index contributed by atoms with van der Waals surface area (Å²) in [6.45, 7) is 0.449. The van der Waals surface area contributed by atoms with E-state index in [0.717, 1.165) is 4.47 Å². The second-order valence-electron chi connectivity index (χ2n) is 7.70. The Morgan fingerprint density at radius 3 is 2.53 bits per heavy atom. The van der Waals surface area contributed by atoms with Gasteiger partial charge in [0.25, 0.3) is 0 Å². The molecular weight excluding hydrogens is 500 g/mol. The predicted molar refractivity (Wildman–Crippen MR) is 121 cm³/mol. The maximum atomic E-state index is 13.5. The van der Waals surface area contributed by atoms with Crippen LogP contribution in [-0.4, -0.2) is 57.4 Å². The van der Waals surface area contributed by atoms with Crippen molar-refractivity contribution in [2.75, 3.05) is 31.6 Å². The highest BCUT2D eigenvalue weighted by Crippen LogP contribution is 2.35. The number of sulfonamides is 1. The van der Waals surface area contributed by atoms with Gasteiger partial charge in [-0.25, -0.2) is 13.2 Å². The number of carbonyl (C=O) groups is 2. The van der Waals surface area contributed by atoms with E-state index in [2.05, 4.69) is 15.9 Å². The minimum absolute atomic E-state index is 0.0124. The normalized spacial score (nSPS) is 21.4. The molecule has 1 fully saturated rings. The minimum atomic E-state index is -3.72. The van der Waals surface area contributed by atoms with Gasteiger partial charge in [-0.15, -0.1) is 0 Å². The lowest BCUT2D eigenvalue weighted by atomic mass is 9.97. The standard InChI is InChI=1S/C22H23BrN2O6S/c1-30-22(27)20-14-25(18-6-2-3-7-19(18)31-20)21(26)15-5-4-12-24(13-15)32(28,29)17-10-8-16(23)9-11-17/h2-3,6-11,15,20H,4-5,12-14H2,1H3. The lowest BCUT2D eigenvalue weighted by Gasteiger charge is -2.38. The summed E-state index contributed by atoms with van der Waals surface area (Å²) in [7, 11) is -2.45. The highest BCUT2D eigenvalue weighted by Gasteiger charge is 2.40. The van der Waals surface area contributed by atoms with Gasteiger partial charge in [0, 0.05) is 17.6 Å². The van der Waals surface area contributed by atoms with Crippen molar-refractivity contribution in [3.63, 3.8) is 0 Å². The van der Waals surface area contributed by atoms with Crippen LogP contribution in [0.5, 0.6) is 5.75 Å². The Morgan fingerprint density at radius 2 is 1.81 bits per heavy atom. The lowest BCUT2D eigenvalue weighted by Crippen LogP contribution is -2.52. The predicted octanol–water partition coefficient (Wildman–Crippen LogP) is 2.82. The number of hydrogen-bond acceptors (Lipinski definition) is 6. The molecule has 2 atom stereocenters. The summed E-state index contributed by atoms with van der Waals surface area (Å²) >= 11 is 3.31. The van der Waals surface area contributed by atoms with Gasteiger partial charge >= 0.3 is 5.97 Å². The molecule has 0 spiro atoms. The third-order valence-corrected chi connectivity index (χ3v) is 8.10. The molecule has 2 unspecified atom stereocenters. The first-order valence-electron chi connectivity index (χ1n) is 10.2. The van der Waals surface area contributed by atoms with Crippen LogP contribution in [-0.2, 0) is 24.3 Å². The molecule has 170 valence electrons. The summed E-state index contributed by atoms with van der Waals surface area (Å²) in [4.78, 5) is 27.3. The number of fused-ring (bicyclic) bond motifs is 1. The van der Waals surface area contributed by atoms with Crippen molar-refractivity contribution >= 4 is 43.5 Å². The zero-order valence-electron chi connectivity index (χ0n) is 17.4.